The van der Waals surface area contributed by atoms with E-state index in [1.54, 1.807) is 118 Å². The number of esters is 2. The van der Waals surface area contributed by atoms with Gasteiger partial charge < -0.3 is 60.6 Å². The molecule has 0 aromatic heterocycles. The number of ether oxygens (including phenoxy) is 2. The first-order valence-electron chi connectivity index (χ1n) is 37.4. The number of nitrogens with one attached hydrogen (secondary N) is 5. The van der Waals surface area contributed by atoms with Gasteiger partial charge in [0.15, 0.2) is 0 Å². The number of aldehydes is 1. The summed E-state index contributed by atoms with van der Waals surface area (Å²) in [6, 6.07) is 45.9. The first-order valence-corrected chi connectivity index (χ1v) is 43.4. The second-order valence-corrected chi connectivity index (χ2v) is 35.6. The van der Waals surface area contributed by atoms with Gasteiger partial charge in [0.25, 0.3) is 35.4 Å². The van der Waals surface area contributed by atoms with Gasteiger partial charge >= 0.3 is 11.9 Å². The summed E-state index contributed by atoms with van der Waals surface area (Å²) in [5.41, 5.74) is 15.2. The zero-order valence-corrected chi connectivity index (χ0v) is 74.0. The van der Waals surface area contributed by atoms with Crippen LogP contribution in [0.1, 0.15) is 163 Å². The van der Waals surface area contributed by atoms with Gasteiger partial charge in [-0.15, -0.1) is 0 Å². The van der Waals surface area contributed by atoms with Crippen LogP contribution in [0.25, 0.3) is 6.08 Å². The number of aliphatic hydroxyl groups is 1. The highest BCUT2D eigenvalue weighted by Gasteiger charge is 2.39. The fourth-order valence-electron chi connectivity index (χ4n) is 10.7. The molecule has 0 saturated heterocycles. The number of hydrogen-bond acceptors (Lipinski definition) is 20. The van der Waals surface area contributed by atoms with Crippen LogP contribution in [0.15, 0.2) is 174 Å². The summed E-state index contributed by atoms with van der Waals surface area (Å²) in [4.78, 5) is 101. The highest BCUT2D eigenvalue weighted by molar-refractivity contribution is 9.10. The monoisotopic (exact) mass is 1820 g/mol. The van der Waals surface area contributed by atoms with Crippen LogP contribution in [-0.4, -0.2) is 120 Å². The van der Waals surface area contributed by atoms with Crippen LogP contribution in [0, 0.1) is 6.92 Å². The number of aromatic hydroxyl groups is 4. The van der Waals surface area contributed by atoms with Crippen molar-refractivity contribution < 1.29 is 82.6 Å². The molecule has 0 aliphatic carbocycles. The molecule has 9 aromatic rings. The zero-order chi connectivity index (χ0) is 88.3. The molecule has 12 rings (SSSR count). The maximum atomic E-state index is 12.0. The summed E-state index contributed by atoms with van der Waals surface area (Å²) in [6.07, 6.45) is 9.03. The molecule has 0 radical (unpaired) electrons. The average Bonchev–Trinajstić information content (AvgIpc) is 1.70. The van der Waals surface area contributed by atoms with Crippen LogP contribution in [-0.2, 0) is 49.5 Å². The summed E-state index contributed by atoms with van der Waals surface area (Å²) in [6.45, 7) is 20.5. The van der Waals surface area contributed by atoms with Crippen molar-refractivity contribution in [3.63, 3.8) is 0 Å². The zero-order valence-electron chi connectivity index (χ0n) is 66.9. The minimum atomic E-state index is -1.90. The minimum absolute atomic E-state index is 0.0910. The number of phenols is 4. The summed E-state index contributed by atoms with van der Waals surface area (Å²) >= 11 is 39.0. The van der Waals surface area contributed by atoms with Gasteiger partial charge in [-0.25, -0.2) is 4.79 Å². The molecule has 12 N–H and O–H groups in total. The van der Waals surface area contributed by atoms with E-state index in [1.807, 2.05) is 49.4 Å². The van der Waals surface area contributed by atoms with Gasteiger partial charge in [-0.05, 0) is 255 Å². The molecular weight excluding hydrogens is 1730 g/mol. The van der Waals surface area contributed by atoms with E-state index in [0.717, 1.165) is 81.5 Å². The fourth-order valence-corrected chi connectivity index (χ4v) is 13.5. The number of carbonyl (C=O) groups is 9. The van der Waals surface area contributed by atoms with E-state index in [4.69, 9.17) is 110 Å². The van der Waals surface area contributed by atoms with Crippen molar-refractivity contribution in [3.8, 4) is 28.7 Å². The first-order chi connectivity index (χ1) is 56.4. The van der Waals surface area contributed by atoms with Crippen LogP contribution in [0.2, 0.25) is 48.3 Å². The number of anilines is 3. The van der Waals surface area contributed by atoms with Gasteiger partial charge in [-0.2, -0.15) is 0 Å². The number of imide groups is 3. The summed E-state index contributed by atoms with van der Waals surface area (Å²) in [7, 11) is -1.90. The Bertz CT molecular complexity index is 5100. The lowest BCUT2D eigenvalue weighted by molar-refractivity contribution is -0.143. The maximum absolute atomic E-state index is 12.0. The molecule has 0 atom stereocenters. The van der Waals surface area contributed by atoms with Crippen molar-refractivity contribution in [2.75, 3.05) is 49.3 Å². The van der Waals surface area contributed by atoms with Gasteiger partial charge in [-0.3, -0.25) is 49.5 Å². The summed E-state index contributed by atoms with van der Waals surface area (Å²) in [5, 5.41) is 60.7. The van der Waals surface area contributed by atoms with Crippen LogP contribution in [0.4, 0.5) is 17.1 Å². The average molecular weight is 1830 g/mol. The quantitative estimate of drug-likeness (QED) is 0.00571. The number of nitrogen functional groups attached to an aromatic ring is 1. The molecule has 0 spiro atoms. The predicted octanol–water partition coefficient (Wildman–Crippen LogP) is 19.5. The number of nitrogens with two attached hydrogens (primary N) is 1. The first kappa shape index (κ1) is 99.1. The van der Waals surface area contributed by atoms with Crippen LogP contribution < -0.4 is 36.7 Å². The standard InChI is InChI=1S/C23H29ClN2O3Si.C17H15ClN2O3.C11H13ClO3.C11H11ClO3.C10H11ClO.C8H6N2O2.C6H4BrClO.C2H6O/c1-23(2,3)30(4,5)29-16-12-11-15(18(24)14-16)8-7-13-25-19-10-6-9-17-20(19)22(28)26-21(17)27;18-13-9-11(21)7-6-10(13)3-2-8-19-14-5-1-4-12-15(14)17(23)20-16(12)22;2*1-2-15-11(14)6-4-8-3-5-9(13)7-10(8)12;1-8-4-5-9(3-2-6-12)10(11)7-8;9-5-3-1-2-4-6(5)8(12)10-7(4)11;7-5-2-1-4(9)3-6(5)8;1-2-3/h6,9-12,14,25H,7-8,13H2,1-5H3,(H,26,27,28);1,4-7,9,19,21H,2-3,8H2,(H,20,22,23);3,5,7,13H,2,4,6H2,1H3;3-7,13H,2H2,1H3;4-7H,2-3H2,1H3;1-3H,9H2,(H,10,11,12);1-3,9H;3H,2H2,1H3/b;;;6-4+;;;;. The second-order valence-electron chi connectivity index (χ2n) is 27.6. The molecule has 3 aliphatic heterocycles. The molecule has 23 nitrogen and oxygen atoms in total. The largest absolute Gasteiger partial charge is 0.543 e. The van der Waals surface area contributed by atoms with E-state index >= 15 is 0 Å². The number of halogens is 7. The third-order valence-electron chi connectivity index (χ3n) is 17.7. The molecule has 3 aliphatic rings. The Morgan fingerprint density at radius 2 is 0.924 bits per heavy atom. The number of fused-ring (bicyclic) bond motifs is 3. The Morgan fingerprint density at radius 3 is 1.36 bits per heavy atom. The van der Waals surface area contributed by atoms with Crippen LogP contribution in [0.5, 0.6) is 28.7 Å². The molecule has 632 valence electrons. The van der Waals surface area contributed by atoms with E-state index in [0.29, 0.717) is 127 Å². The molecule has 3 heterocycles. The second kappa shape index (κ2) is 49.2. The van der Waals surface area contributed by atoms with E-state index in [2.05, 4.69) is 76.4 Å². The van der Waals surface area contributed by atoms with E-state index < -0.39 is 20.2 Å². The lowest BCUT2D eigenvalue weighted by Gasteiger charge is -2.36. The van der Waals surface area contributed by atoms with Gasteiger partial charge in [-0.1, -0.05) is 139 Å². The summed E-state index contributed by atoms with van der Waals surface area (Å²) < 4.78 is 16.6. The molecule has 0 bridgehead atoms. The number of carbonyl (C=O) groups excluding carboxylic acids is 9. The molecule has 119 heavy (non-hydrogen) atoms. The maximum Gasteiger partial charge on any atom is 0.330 e. The van der Waals surface area contributed by atoms with Gasteiger partial charge in [0.05, 0.1) is 56.6 Å². The van der Waals surface area contributed by atoms with Crippen molar-refractivity contribution in [2.45, 2.75) is 118 Å². The molecular formula is C88H95BrCl6N6O17Si. The highest BCUT2D eigenvalue weighted by Crippen LogP contribution is 2.39. The number of benzene rings is 9. The number of amides is 6. The van der Waals surface area contributed by atoms with Crippen LogP contribution in [0.3, 0.4) is 0 Å². The van der Waals surface area contributed by atoms with Gasteiger partial charge in [0, 0.05) is 80.2 Å². The number of phenolic OH excluding ortho intramolecular Hbond substituents is 4. The van der Waals surface area contributed by atoms with Crippen molar-refractivity contribution in [2.24, 2.45) is 0 Å². The van der Waals surface area contributed by atoms with Crippen molar-refractivity contribution in [1.82, 2.24) is 16.0 Å². The number of aryl methyl sites for hydroxylation is 5. The SMILES string of the molecule is CC(C)(C)[Si](C)(C)Oc1ccc(CCCNc2cccc3c2C(=O)NC3=O)c(Cl)c1.CCO.CCOC(=O)/C=C/c1ccc(O)cc1Cl.CCOC(=O)CCc1ccc(O)cc1Cl.Cc1ccc(CCC=O)c(Cl)c1.Nc1cccc2c1C(=O)NC2=O.O=C1NC(=O)c2c(NCCCc3ccc(O)cc3Cl)cccc21.Oc1ccc(Br)c(Cl)c1. The predicted molar refractivity (Wildman–Crippen MR) is 476 cm³/mol. The lowest BCUT2D eigenvalue weighted by Crippen LogP contribution is -2.43. The smallest absolute Gasteiger partial charge is 0.330 e. The number of rotatable bonds is 22. The minimum Gasteiger partial charge on any atom is -0.543 e. The fraction of sp³-hybridized carbons (Fsp3) is 0.261. The Kier molecular flexibility index (Phi) is 41.0. The molecule has 0 unspecified atom stereocenters. The van der Waals surface area contributed by atoms with Crippen molar-refractivity contribution >= 4 is 171 Å². The topological polar surface area (TPSA) is 369 Å². The Labute approximate surface area is 731 Å². The molecule has 0 saturated carbocycles. The third-order valence-corrected chi connectivity index (χ3v) is 25.0. The Balaban J connectivity index is 0.000000254. The van der Waals surface area contributed by atoms with E-state index in [9.17, 15) is 48.3 Å². The Morgan fingerprint density at radius 1 is 0.513 bits per heavy atom. The van der Waals surface area contributed by atoms with Gasteiger partial charge in [0.1, 0.15) is 35.0 Å². The molecule has 31 heteroatoms. The molecule has 9 aromatic carbocycles. The van der Waals surface area contributed by atoms with E-state index in [1.165, 1.54) is 36.4 Å². The lowest BCUT2D eigenvalue weighted by atomic mass is 10.1. The molecule has 0 fully saturated rings. The molecule has 6 amide bonds. The highest BCUT2D eigenvalue weighted by atomic mass is 79.9. The van der Waals surface area contributed by atoms with Crippen molar-refractivity contribution in [3.05, 3.63) is 271 Å². The van der Waals surface area contributed by atoms with Crippen LogP contribution >= 0.6 is 85.5 Å². The Hall–Kier alpha value is -10.5. The number of hydrogen-bond donors (Lipinski definition) is 11. The third kappa shape index (κ3) is 32.0. The normalized spacial score (nSPS) is 11.9. The summed E-state index contributed by atoms with van der Waals surface area (Å²) in [5.74, 6) is -1.48. The van der Waals surface area contributed by atoms with Gasteiger partial charge in [0.2, 0.25) is 8.32 Å². The van der Waals surface area contributed by atoms with Crippen molar-refractivity contribution in [1.29, 1.82) is 0 Å². The van der Waals surface area contributed by atoms with E-state index in [-0.39, 0.29) is 70.1 Å². The number of aliphatic hydroxyl groups excluding tert-OH is 1.